The summed E-state index contributed by atoms with van der Waals surface area (Å²) in [7, 11) is 1.64. The molecule has 19 heavy (non-hydrogen) atoms. The molecular weight excluding hydrogens is 242 g/mol. The molecule has 4 nitrogen and oxygen atoms in total. The van der Waals surface area contributed by atoms with Gasteiger partial charge < -0.3 is 9.47 Å². The first-order valence-electron chi connectivity index (χ1n) is 6.51. The van der Waals surface area contributed by atoms with Crippen LogP contribution in [0.3, 0.4) is 0 Å². The molecule has 4 heteroatoms. The van der Waals surface area contributed by atoms with Crippen molar-refractivity contribution in [2.75, 3.05) is 12.0 Å². The van der Waals surface area contributed by atoms with E-state index in [4.69, 9.17) is 9.47 Å². The van der Waals surface area contributed by atoms with Gasteiger partial charge in [0.1, 0.15) is 11.4 Å². The van der Waals surface area contributed by atoms with Gasteiger partial charge in [-0.1, -0.05) is 0 Å². The number of benzene rings is 1. The third-order valence-corrected chi connectivity index (χ3v) is 3.09. The van der Waals surface area contributed by atoms with Crippen LogP contribution in [-0.4, -0.2) is 24.8 Å². The maximum atomic E-state index is 12.3. The molecule has 0 N–H and O–H groups in total. The fourth-order valence-electron chi connectivity index (χ4n) is 2.32. The van der Waals surface area contributed by atoms with E-state index in [9.17, 15) is 4.79 Å². The van der Waals surface area contributed by atoms with Gasteiger partial charge in [-0.15, -0.1) is 0 Å². The van der Waals surface area contributed by atoms with E-state index in [1.807, 2.05) is 45.9 Å². The Morgan fingerprint density at radius 2 is 2.05 bits per heavy atom. The number of carbonyl (C=O) groups excluding carboxylic acids is 1. The lowest BCUT2D eigenvalue weighted by molar-refractivity contribution is 0.0572. The molecule has 1 amide bonds. The van der Waals surface area contributed by atoms with Gasteiger partial charge in [-0.25, -0.2) is 4.79 Å². The van der Waals surface area contributed by atoms with Crippen LogP contribution in [0.5, 0.6) is 5.75 Å². The number of anilines is 1. The van der Waals surface area contributed by atoms with E-state index < -0.39 is 5.60 Å². The van der Waals surface area contributed by atoms with Gasteiger partial charge in [0.2, 0.25) is 0 Å². The van der Waals surface area contributed by atoms with Crippen LogP contribution in [0.4, 0.5) is 10.5 Å². The number of hydrogen-bond acceptors (Lipinski definition) is 3. The summed E-state index contributed by atoms with van der Waals surface area (Å²) >= 11 is 0. The lowest BCUT2D eigenvalue weighted by Gasteiger charge is -2.27. The molecule has 1 aliphatic heterocycles. The molecule has 0 spiro atoms. The van der Waals surface area contributed by atoms with Crippen molar-refractivity contribution < 1.29 is 14.3 Å². The van der Waals surface area contributed by atoms with E-state index >= 15 is 0 Å². The Morgan fingerprint density at radius 3 is 2.63 bits per heavy atom. The molecule has 0 fully saturated rings. The quantitative estimate of drug-likeness (QED) is 0.779. The molecule has 0 radical (unpaired) electrons. The highest BCUT2D eigenvalue weighted by atomic mass is 16.6. The molecule has 1 aromatic rings. The minimum absolute atomic E-state index is 0.108. The van der Waals surface area contributed by atoms with Crippen molar-refractivity contribution in [2.45, 2.75) is 45.8 Å². The van der Waals surface area contributed by atoms with Crippen LogP contribution in [-0.2, 0) is 11.2 Å². The third-order valence-electron chi connectivity index (χ3n) is 3.09. The van der Waals surface area contributed by atoms with Crippen molar-refractivity contribution in [3.05, 3.63) is 23.8 Å². The molecular formula is C15H21NO3. The Balaban J connectivity index is 2.27. The minimum Gasteiger partial charge on any atom is -0.497 e. The lowest BCUT2D eigenvalue weighted by atomic mass is 10.1. The first kappa shape index (κ1) is 13.7. The number of amides is 1. The zero-order chi connectivity index (χ0) is 14.2. The fraction of sp³-hybridized carbons (Fsp3) is 0.533. The van der Waals surface area contributed by atoms with E-state index in [1.165, 1.54) is 0 Å². The van der Waals surface area contributed by atoms with E-state index in [2.05, 4.69) is 0 Å². The summed E-state index contributed by atoms with van der Waals surface area (Å²) in [5, 5.41) is 0. The average Bonchev–Trinajstić information content (AvgIpc) is 2.61. The summed E-state index contributed by atoms with van der Waals surface area (Å²) in [6, 6.07) is 5.88. The molecule has 2 rings (SSSR count). The van der Waals surface area contributed by atoms with Crippen LogP contribution in [0.1, 0.15) is 33.3 Å². The Kier molecular flexibility index (Phi) is 3.43. The van der Waals surface area contributed by atoms with Crippen molar-refractivity contribution in [1.29, 1.82) is 0 Å². The SMILES string of the molecule is COc1ccc2c(c1)CC(C)N2C(=O)OC(C)(C)C. The largest absolute Gasteiger partial charge is 0.497 e. The number of methoxy groups -OCH3 is 1. The number of carbonyl (C=O) groups is 1. The third kappa shape index (κ3) is 2.83. The van der Waals surface area contributed by atoms with Crippen LogP contribution < -0.4 is 9.64 Å². The van der Waals surface area contributed by atoms with Crippen LogP contribution in [0, 0.1) is 0 Å². The van der Waals surface area contributed by atoms with Crippen molar-refractivity contribution in [3.8, 4) is 5.75 Å². The highest BCUT2D eigenvalue weighted by Crippen LogP contribution is 2.35. The average molecular weight is 263 g/mol. The fourth-order valence-corrected chi connectivity index (χ4v) is 2.32. The van der Waals surface area contributed by atoms with Gasteiger partial charge in [-0.2, -0.15) is 0 Å². The number of rotatable bonds is 1. The number of ether oxygens (including phenoxy) is 2. The van der Waals surface area contributed by atoms with Gasteiger partial charge in [0.25, 0.3) is 0 Å². The summed E-state index contributed by atoms with van der Waals surface area (Å²) in [6.07, 6.45) is 0.537. The van der Waals surface area contributed by atoms with Gasteiger partial charge in [0, 0.05) is 6.04 Å². The first-order chi connectivity index (χ1) is 8.81. The van der Waals surface area contributed by atoms with E-state index in [-0.39, 0.29) is 12.1 Å². The Hall–Kier alpha value is -1.71. The molecule has 0 saturated heterocycles. The van der Waals surface area contributed by atoms with E-state index in [1.54, 1.807) is 12.0 Å². The van der Waals surface area contributed by atoms with E-state index in [0.717, 1.165) is 23.4 Å². The molecule has 1 heterocycles. The standard InChI is InChI=1S/C15H21NO3/c1-10-8-11-9-12(18-5)6-7-13(11)16(10)14(17)19-15(2,3)4/h6-7,9-10H,8H2,1-5H3. The molecule has 0 saturated carbocycles. The van der Waals surface area contributed by atoms with Crippen molar-refractivity contribution >= 4 is 11.8 Å². The number of fused-ring (bicyclic) bond motifs is 1. The van der Waals surface area contributed by atoms with Crippen LogP contribution in [0.2, 0.25) is 0 Å². The normalized spacial score (nSPS) is 18.2. The Labute approximate surface area is 114 Å². The van der Waals surface area contributed by atoms with Crippen molar-refractivity contribution in [2.24, 2.45) is 0 Å². The topological polar surface area (TPSA) is 38.8 Å². The molecule has 104 valence electrons. The predicted molar refractivity (Wildman–Crippen MR) is 74.9 cm³/mol. The Bertz CT molecular complexity index is 491. The highest BCUT2D eigenvalue weighted by molar-refractivity contribution is 5.91. The zero-order valence-electron chi connectivity index (χ0n) is 12.2. The number of nitrogens with zero attached hydrogens (tertiary/aromatic N) is 1. The minimum atomic E-state index is -0.480. The molecule has 0 bridgehead atoms. The first-order valence-corrected chi connectivity index (χ1v) is 6.51. The second kappa shape index (κ2) is 4.76. The Morgan fingerprint density at radius 1 is 1.37 bits per heavy atom. The number of hydrogen-bond donors (Lipinski definition) is 0. The molecule has 1 unspecified atom stereocenters. The second-order valence-electron chi connectivity index (χ2n) is 5.90. The van der Waals surface area contributed by atoms with Crippen molar-refractivity contribution in [3.63, 3.8) is 0 Å². The van der Waals surface area contributed by atoms with Gasteiger partial charge in [-0.05, 0) is 57.9 Å². The smallest absolute Gasteiger partial charge is 0.415 e. The lowest BCUT2D eigenvalue weighted by Crippen LogP contribution is -2.40. The summed E-state index contributed by atoms with van der Waals surface area (Å²) < 4.78 is 10.7. The summed E-state index contributed by atoms with van der Waals surface area (Å²) in [5.41, 5.74) is 1.56. The van der Waals surface area contributed by atoms with Gasteiger partial charge in [0.15, 0.2) is 0 Å². The van der Waals surface area contributed by atoms with E-state index in [0.29, 0.717) is 0 Å². The molecule has 1 atom stereocenters. The van der Waals surface area contributed by atoms with Gasteiger partial charge in [0.05, 0.1) is 12.8 Å². The monoisotopic (exact) mass is 263 g/mol. The zero-order valence-corrected chi connectivity index (χ0v) is 12.2. The summed E-state index contributed by atoms with van der Waals surface area (Å²) in [4.78, 5) is 14.0. The highest BCUT2D eigenvalue weighted by Gasteiger charge is 2.34. The maximum Gasteiger partial charge on any atom is 0.415 e. The van der Waals surface area contributed by atoms with Crippen molar-refractivity contribution in [1.82, 2.24) is 0 Å². The molecule has 1 aromatic carbocycles. The van der Waals surface area contributed by atoms with Crippen LogP contribution in [0.25, 0.3) is 0 Å². The summed E-state index contributed by atoms with van der Waals surface area (Å²) in [5.74, 6) is 0.817. The summed E-state index contributed by atoms with van der Waals surface area (Å²) in [6.45, 7) is 7.65. The maximum absolute atomic E-state index is 12.3. The van der Waals surface area contributed by atoms with Crippen LogP contribution >= 0.6 is 0 Å². The second-order valence-corrected chi connectivity index (χ2v) is 5.90. The van der Waals surface area contributed by atoms with Crippen LogP contribution in [0.15, 0.2) is 18.2 Å². The molecule has 0 aliphatic carbocycles. The van der Waals surface area contributed by atoms with Gasteiger partial charge in [-0.3, -0.25) is 4.90 Å². The molecule has 1 aliphatic rings. The predicted octanol–water partition coefficient (Wildman–Crippen LogP) is 3.38. The molecule has 0 aromatic heterocycles. The van der Waals surface area contributed by atoms with Gasteiger partial charge >= 0.3 is 6.09 Å².